The fourth-order valence-electron chi connectivity index (χ4n) is 4.35. The second kappa shape index (κ2) is 12.3. The van der Waals surface area contributed by atoms with Crippen LogP contribution in [-0.4, -0.2) is 57.8 Å². The Morgan fingerprint density at radius 1 is 1.09 bits per heavy atom. The average Bonchev–Trinajstić information content (AvgIpc) is 3.36. The van der Waals surface area contributed by atoms with Crippen molar-refractivity contribution in [3.63, 3.8) is 0 Å². The van der Waals surface area contributed by atoms with E-state index in [2.05, 4.69) is 30.4 Å². The van der Waals surface area contributed by atoms with E-state index in [0.29, 0.717) is 41.9 Å². The van der Waals surface area contributed by atoms with Gasteiger partial charge in [-0.3, -0.25) is 4.79 Å². The molecule has 1 aliphatic heterocycles. The number of amides is 1. The van der Waals surface area contributed by atoms with Gasteiger partial charge in [-0.05, 0) is 56.8 Å². The molecule has 0 saturated carbocycles. The number of nitrogens with zero attached hydrogens (tertiary/aromatic N) is 1. The Labute approximate surface area is 197 Å². The Kier molecular flexibility index (Phi) is 9.19. The minimum Gasteiger partial charge on any atom is -0.493 e. The van der Waals surface area contributed by atoms with E-state index >= 15 is 0 Å². The molecule has 1 aliphatic rings. The lowest BCUT2D eigenvalue weighted by Gasteiger charge is -2.25. The fourth-order valence-corrected chi connectivity index (χ4v) is 4.35. The maximum Gasteiger partial charge on any atom is 0.254 e. The molecule has 0 bridgehead atoms. The van der Waals surface area contributed by atoms with E-state index in [1.54, 1.807) is 33.5 Å². The molecule has 1 atom stereocenters. The molecular weight excluding hydrogens is 416 g/mol. The van der Waals surface area contributed by atoms with Crippen LogP contribution in [0.1, 0.15) is 48.5 Å². The molecule has 33 heavy (non-hydrogen) atoms. The molecule has 1 saturated heterocycles. The zero-order valence-corrected chi connectivity index (χ0v) is 20.2. The number of carbonyl (C=O) groups excluding carboxylic acids is 1. The van der Waals surface area contributed by atoms with Crippen molar-refractivity contribution in [3.8, 4) is 17.2 Å². The van der Waals surface area contributed by atoms with Crippen LogP contribution in [0.15, 0.2) is 48.0 Å². The molecule has 178 valence electrons. The van der Waals surface area contributed by atoms with Crippen LogP contribution in [0.5, 0.6) is 17.2 Å². The maximum absolute atomic E-state index is 13.6. The highest BCUT2D eigenvalue weighted by atomic mass is 16.5. The summed E-state index contributed by atoms with van der Waals surface area (Å²) in [6, 6.07) is 14.2. The lowest BCUT2D eigenvalue weighted by Crippen LogP contribution is -2.34. The van der Waals surface area contributed by atoms with Crippen molar-refractivity contribution in [2.24, 2.45) is 0 Å². The van der Waals surface area contributed by atoms with E-state index < -0.39 is 0 Å². The van der Waals surface area contributed by atoms with Crippen LogP contribution in [0.2, 0.25) is 0 Å². The quantitative estimate of drug-likeness (QED) is 0.531. The van der Waals surface area contributed by atoms with Gasteiger partial charge in [-0.15, -0.1) is 0 Å². The first-order valence-electron chi connectivity index (χ1n) is 11.6. The standard InChI is InChI=1S/C27H36N2O4/c1-20(16-21-10-6-5-7-11-21)19-29(15-9-13-23-12-8-14-28-23)27(30)22-17-24(31-2)26(33-4)25(18-22)32-3/h5-7,10-11,16-18,23,28H,8-9,12-15,19H2,1-4H3. The van der Waals surface area contributed by atoms with Crippen LogP contribution in [0.25, 0.3) is 6.08 Å². The van der Waals surface area contributed by atoms with Gasteiger partial charge in [0.2, 0.25) is 5.75 Å². The first-order valence-corrected chi connectivity index (χ1v) is 11.6. The summed E-state index contributed by atoms with van der Waals surface area (Å²) in [6.45, 7) is 4.41. The number of rotatable bonds is 11. The molecule has 6 nitrogen and oxygen atoms in total. The summed E-state index contributed by atoms with van der Waals surface area (Å²) in [5, 5.41) is 3.55. The highest BCUT2D eigenvalue weighted by molar-refractivity contribution is 5.96. The van der Waals surface area contributed by atoms with Gasteiger partial charge in [-0.2, -0.15) is 0 Å². The zero-order chi connectivity index (χ0) is 23.6. The second-order valence-electron chi connectivity index (χ2n) is 8.48. The normalized spacial score (nSPS) is 15.9. The highest BCUT2D eigenvalue weighted by Crippen LogP contribution is 2.38. The third-order valence-corrected chi connectivity index (χ3v) is 5.99. The molecule has 1 heterocycles. The van der Waals surface area contributed by atoms with Crippen molar-refractivity contribution < 1.29 is 19.0 Å². The monoisotopic (exact) mass is 452 g/mol. The Morgan fingerprint density at radius 2 is 1.79 bits per heavy atom. The van der Waals surface area contributed by atoms with E-state index in [-0.39, 0.29) is 5.91 Å². The largest absolute Gasteiger partial charge is 0.493 e. The molecule has 0 spiro atoms. The molecular formula is C27H36N2O4. The Morgan fingerprint density at radius 3 is 2.36 bits per heavy atom. The minimum atomic E-state index is -0.0468. The Hall–Kier alpha value is -2.99. The number of carbonyl (C=O) groups is 1. The molecule has 0 aromatic heterocycles. The van der Waals surface area contributed by atoms with Crippen molar-refractivity contribution >= 4 is 12.0 Å². The number of hydrogen-bond acceptors (Lipinski definition) is 5. The molecule has 2 aromatic rings. The molecule has 0 aliphatic carbocycles. The molecule has 0 radical (unpaired) electrons. The summed E-state index contributed by atoms with van der Waals surface area (Å²) in [4.78, 5) is 15.5. The Bertz CT molecular complexity index is 911. The van der Waals surface area contributed by atoms with Crippen molar-refractivity contribution in [2.75, 3.05) is 41.0 Å². The number of nitrogens with one attached hydrogen (secondary N) is 1. The van der Waals surface area contributed by atoms with Crippen LogP contribution in [0.4, 0.5) is 0 Å². The lowest BCUT2D eigenvalue weighted by atomic mass is 10.1. The van der Waals surface area contributed by atoms with Crippen LogP contribution in [-0.2, 0) is 0 Å². The highest BCUT2D eigenvalue weighted by Gasteiger charge is 2.22. The lowest BCUT2D eigenvalue weighted by molar-refractivity contribution is 0.0765. The van der Waals surface area contributed by atoms with Crippen LogP contribution in [0, 0.1) is 0 Å². The van der Waals surface area contributed by atoms with Gasteiger partial charge in [0.05, 0.1) is 21.3 Å². The first-order chi connectivity index (χ1) is 16.0. The van der Waals surface area contributed by atoms with Gasteiger partial charge in [0, 0.05) is 24.7 Å². The summed E-state index contributed by atoms with van der Waals surface area (Å²) < 4.78 is 16.3. The van der Waals surface area contributed by atoms with Crippen molar-refractivity contribution in [1.82, 2.24) is 10.2 Å². The Balaban J connectivity index is 1.82. The first kappa shape index (κ1) is 24.6. The fraction of sp³-hybridized carbons (Fsp3) is 0.444. The molecule has 3 rings (SSSR count). The summed E-state index contributed by atoms with van der Waals surface area (Å²) in [7, 11) is 4.68. The van der Waals surface area contributed by atoms with Crippen LogP contribution < -0.4 is 19.5 Å². The molecule has 6 heteroatoms. The predicted octanol–water partition coefficient (Wildman–Crippen LogP) is 4.79. The predicted molar refractivity (Wildman–Crippen MR) is 132 cm³/mol. The van der Waals surface area contributed by atoms with E-state index in [1.807, 2.05) is 23.1 Å². The van der Waals surface area contributed by atoms with Crippen molar-refractivity contribution in [2.45, 2.75) is 38.6 Å². The average molecular weight is 453 g/mol. The maximum atomic E-state index is 13.6. The summed E-state index contributed by atoms with van der Waals surface area (Å²) in [5.74, 6) is 1.39. The molecule has 2 aromatic carbocycles. The summed E-state index contributed by atoms with van der Waals surface area (Å²) in [6.07, 6.45) is 6.60. The summed E-state index contributed by atoms with van der Waals surface area (Å²) in [5.41, 5.74) is 2.78. The van der Waals surface area contributed by atoms with E-state index in [9.17, 15) is 4.79 Å². The van der Waals surface area contributed by atoms with E-state index in [4.69, 9.17) is 14.2 Å². The van der Waals surface area contributed by atoms with Crippen molar-refractivity contribution in [3.05, 3.63) is 59.2 Å². The molecule has 1 N–H and O–H groups in total. The second-order valence-corrected chi connectivity index (χ2v) is 8.48. The van der Waals surface area contributed by atoms with Gasteiger partial charge < -0.3 is 24.4 Å². The topological polar surface area (TPSA) is 60.0 Å². The van der Waals surface area contributed by atoms with Gasteiger partial charge in [0.15, 0.2) is 11.5 Å². The SMILES string of the molecule is COc1cc(C(=O)N(CCCC2CCCN2)CC(C)=Cc2ccccc2)cc(OC)c1OC. The van der Waals surface area contributed by atoms with Crippen LogP contribution >= 0.6 is 0 Å². The smallest absolute Gasteiger partial charge is 0.254 e. The van der Waals surface area contributed by atoms with Crippen molar-refractivity contribution in [1.29, 1.82) is 0 Å². The third-order valence-electron chi connectivity index (χ3n) is 5.99. The number of benzene rings is 2. The van der Waals surface area contributed by atoms with Gasteiger partial charge in [0.25, 0.3) is 5.91 Å². The number of methoxy groups -OCH3 is 3. The zero-order valence-electron chi connectivity index (χ0n) is 20.2. The van der Waals surface area contributed by atoms with E-state index in [1.165, 1.54) is 12.8 Å². The van der Waals surface area contributed by atoms with Gasteiger partial charge >= 0.3 is 0 Å². The summed E-state index contributed by atoms with van der Waals surface area (Å²) >= 11 is 0. The van der Waals surface area contributed by atoms with Gasteiger partial charge in [0.1, 0.15) is 0 Å². The van der Waals surface area contributed by atoms with E-state index in [0.717, 1.165) is 30.5 Å². The van der Waals surface area contributed by atoms with Crippen LogP contribution in [0.3, 0.4) is 0 Å². The van der Waals surface area contributed by atoms with Gasteiger partial charge in [-0.1, -0.05) is 42.0 Å². The molecule has 1 fully saturated rings. The number of ether oxygens (including phenoxy) is 3. The molecule has 1 amide bonds. The van der Waals surface area contributed by atoms with Gasteiger partial charge in [-0.25, -0.2) is 0 Å². The number of hydrogen-bond donors (Lipinski definition) is 1. The third kappa shape index (κ3) is 6.75. The molecule has 1 unspecified atom stereocenters. The minimum absolute atomic E-state index is 0.0468.